The molecule has 0 amide bonds. The van der Waals surface area contributed by atoms with Gasteiger partial charge in [-0.15, -0.1) is 0 Å². The van der Waals surface area contributed by atoms with Gasteiger partial charge in [0.05, 0.1) is 11.0 Å². The third-order valence-corrected chi connectivity index (χ3v) is 2.90. The van der Waals surface area contributed by atoms with Crippen LogP contribution < -0.4 is 0 Å². The highest BCUT2D eigenvalue weighted by Gasteiger charge is 2.20. The molecule has 0 saturated carbocycles. The molecule has 0 unspecified atom stereocenters. The summed E-state index contributed by atoms with van der Waals surface area (Å²) in [6.07, 6.45) is -0.509. The minimum absolute atomic E-state index is 0.266. The smallest absolute Gasteiger partial charge is 0.217 e. The SMILES string of the molecule is CCOC(OCC)c1nc2ccc(F)cc2n1CC. The van der Waals surface area contributed by atoms with Crippen LogP contribution in [0.5, 0.6) is 0 Å². The van der Waals surface area contributed by atoms with Gasteiger partial charge >= 0.3 is 0 Å². The van der Waals surface area contributed by atoms with E-state index in [0.29, 0.717) is 25.6 Å². The molecule has 4 nitrogen and oxygen atoms in total. The topological polar surface area (TPSA) is 36.3 Å². The van der Waals surface area contributed by atoms with Crippen LogP contribution in [0.3, 0.4) is 0 Å². The number of hydrogen-bond acceptors (Lipinski definition) is 3. The molecule has 0 atom stereocenters. The number of rotatable bonds is 6. The maximum Gasteiger partial charge on any atom is 0.217 e. The predicted molar refractivity (Wildman–Crippen MR) is 71.4 cm³/mol. The molecule has 19 heavy (non-hydrogen) atoms. The highest BCUT2D eigenvalue weighted by molar-refractivity contribution is 5.76. The van der Waals surface area contributed by atoms with Crippen LogP contribution in [-0.4, -0.2) is 22.8 Å². The van der Waals surface area contributed by atoms with Crippen molar-refractivity contribution in [3.05, 3.63) is 29.8 Å². The van der Waals surface area contributed by atoms with Crippen molar-refractivity contribution in [2.45, 2.75) is 33.6 Å². The number of nitrogens with zero attached hydrogens (tertiary/aromatic N) is 2. The molecular formula is C14H19FN2O2. The first-order valence-corrected chi connectivity index (χ1v) is 6.60. The predicted octanol–water partition coefficient (Wildman–Crippen LogP) is 3.27. The van der Waals surface area contributed by atoms with Crippen molar-refractivity contribution in [3.8, 4) is 0 Å². The van der Waals surface area contributed by atoms with Gasteiger partial charge in [-0.25, -0.2) is 9.37 Å². The zero-order chi connectivity index (χ0) is 13.8. The molecule has 0 bridgehead atoms. The number of halogens is 1. The summed E-state index contributed by atoms with van der Waals surface area (Å²) in [7, 11) is 0. The van der Waals surface area contributed by atoms with Gasteiger partial charge in [0.2, 0.25) is 6.29 Å². The van der Waals surface area contributed by atoms with Crippen molar-refractivity contribution in [1.82, 2.24) is 9.55 Å². The average molecular weight is 266 g/mol. The van der Waals surface area contributed by atoms with Crippen LogP contribution in [0.2, 0.25) is 0 Å². The molecule has 0 radical (unpaired) electrons. The molecular weight excluding hydrogens is 247 g/mol. The van der Waals surface area contributed by atoms with Crippen molar-refractivity contribution in [2.75, 3.05) is 13.2 Å². The van der Waals surface area contributed by atoms with E-state index in [2.05, 4.69) is 4.98 Å². The fourth-order valence-corrected chi connectivity index (χ4v) is 2.13. The molecule has 1 heterocycles. The van der Waals surface area contributed by atoms with Gasteiger partial charge in [0.15, 0.2) is 5.82 Å². The van der Waals surface area contributed by atoms with E-state index in [0.717, 1.165) is 11.0 Å². The van der Waals surface area contributed by atoms with Gasteiger partial charge in [-0.05, 0) is 39.0 Å². The number of fused-ring (bicyclic) bond motifs is 1. The van der Waals surface area contributed by atoms with E-state index in [1.165, 1.54) is 12.1 Å². The third kappa shape index (κ3) is 2.77. The van der Waals surface area contributed by atoms with Crippen LogP contribution in [0.15, 0.2) is 18.2 Å². The first-order valence-electron chi connectivity index (χ1n) is 6.60. The maximum absolute atomic E-state index is 13.4. The fraction of sp³-hybridized carbons (Fsp3) is 0.500. The maximum atomic E-state index is 13.4. The standard InChI is InChI=1S/C14H19FN2O2/c1-4-17-12-9-10(15)7-8-11(12)16-13(17)14(18-5-2)19-6-3/h7-9,14H,4-6H2,1-3H3. The fourth-order valence-electron chi connectivity index (χ4n) is 2.13. The van der Waals surface area contributed by atoms with Crippen LogP contribution in [0.25, 0.3) is 11.0 Å². The Kier molecular flexibility index (Phi) is 4.50. The molecule has 2 rings (SSSR count). The van der Waals surface area contributed by atoms with Crippen molar-refractivity contribution in [1.29, 1.82) is 0 Å². The number of hydrogen-bond donors (Lipinski definition) is 0. The third-order valence-electron chi connectivity index (χ3n) is 2.90. The number of ether oxygens (including phenoxy) is 2. The van der Waals surface area contributed by atoms with E-state index in [9.17, 15) is 4.39 Å². The molecule has 5 heteroatoms. The molecule has 0 aliphatic rings. The summed E-state index contributed by atoms with van der Waals surface area (Å²) in [6.45, 7) is 7.56. The highest BCUT2D eigenvalue weighted by atomic mass is 19.1. The van der Waals surface area contributed by atoms with Gasteiger partial charge in [0, 0.05) is 19.8 Å². The van der Waals surface area contributed by atoms with Crippen molar-refractivity contribution in [3.63, 3.8) is 0 Å². The second-order valence-corrected chi connectivity index (χ2v) is 4.09. The van der Waals surface area contributed by atoms with Gasteiger partial charge < -0.3 is 14.0 Å². The monoisotopic (exact) mass is 266 g/mol. The molecule has 0 saturated heterocycles. The number of aryl methyl sites for hydroxylation is 1. The molecule has 1 aromatic carbocycles. The summed E-state index contributed by atoms with van der Waals surface area (Å²) in [6, 6.07) is 4.58. The van der Waals surface area contributed by atoms with Gasteiger partial charge in [0.1, 0.15) is 5.82 Å². The van der Waals surface area contributed by atoms with Crippen LogP contribution >= 0.6 is 0 Å². The van der Waals surface area contributed by atoms with Crippen LogP contribution in [0.1, 0.15) is 32.9 Å². The first kappa shape index (κ1) is 14.0. The largest absolute Gasteiger partial charge is 0.346 e. The van der Waals surface area contributed by atoms with E-state index in [1.807, 2.05) is 25.3 Å². The molecule has 2 aromatic rings. The lowest BCUT2D eigenvalue weighted by atomic mass is 10.3. The summed E-state index contributed by atoms with van der Waals surface area (Å²) in [5.41, 5.74) is 1.52. The van der Waals surface area contributed by atoms with Gasteiger partial charge in [0.25, 0.3) is 0 Å². The van der Waals surface area contributed by atoms with E-state index in [4.69, 9.17) is 9.47 Å². The number of benzene rings is 1. The van der Waals surface area contributed by atoms with Gasteiger partial charge in [-0.1, -0.05) is 0 Å². The lowest BCUT2D eigenvalue weighted by Gasteiger charge is -2.17. The minimum atomic E-state index is -0.509. The molecule has 0 aliphatic carbocycles. The quantitative estimate of drug-likeness (QED) is 0.753. The van der Waals surface area contributed by atoms with Crippen molar-refractivity contribution >= 4 is 11.0 Å². The second kappa shape index (κ2) is 6.12. The molecule has 0 fully saturated rings. The van der Waals surface area contributed by atoms with Crippen LogP contribution in [0.4, 0.5) is 4.39 Å². The lowest BCUT2D eigenvalue weighted by Crippen LogP contribution is -2.15. The van der Waals surface area contributed by atoms with Crippen LogP contribution in [-0.2, 0) is 16.0 Å². The minimum Gasteiger partial charge on any atom is -0.346 e. The Morgan fingerprint density at radius 3 is 2.47 bits per heavy atom. The average Bonchev–Trinajstić information content (AvgIpc) is 2.76. The van der Waals surface area contributed by atoms with E-state index < -0.39 is 6.29 Å². The molecule has 1 aromatic heterocycles. The molecule has 0 aliphatic heterocycles. The van der Waals surface area contributed by atoms with E-state index in [1.54, 1.807) is 6.07 Å². The Bertz CT molecular complexity index is 548. The van der Waals surface area contributed by atoms with Gasteiger partial charge in [-0.2, -0.15) is 0 Å². The Morgan fingerprint density at radius 1 is 1.21 bits per heavy atom. The van der Waals surface area contributed by atoms with Crippen LogP contribution in [0, 0.1) is 5.82 Å². The van der Waals surface area contributed by atoms with Crippen molar-refractivity contribution < 1.29 is 13.9 Å². The Hall–Kier alpha value is -1.46. The Morgan fingerprint density at radius 2 is 1.89 bits per heavy atom. The summed E-state index contributed by atoms with van der Waals surface area (Å²) in [4.78, 5) is 4.51. The number of imidazole rings is 1. The summed E-state index contributed by atoms with van der Waals surface area (Å²) >= 11 is 0. The molecule has 104 valence electrons. The Balaban J connectivity index is 2.51. The summed E-state index contributed by atoms with van der Waals surface area (Å²) in [5, 5.41) is 0. The van der Waals surface area contributed by atoms with Gasteiger partial charge in [-0.3, -0.25) is 0 Å². The summed E-state index contributed by atoms with van der Waals surface area (Å²) < 4.78 is 26.4. The molecule has 0 N–H and O–H groups in total. The second-order valence-electron chi connectivity index (χ2n) is 4.09. The highest BCUT2D eigenvalue weighted by Crippen LogP contribution is 2.24. The zero-order valence-corrected chi connectivity index (χ0v) is 11.5. The Labute approximate surface area is 112 Å². The zero-order valence-electron chi connectivity index (χ0n) is 11.5. The number of aromatic nitrogens is 2. The van der Waals surface area contributed by atoms with E-state index >= 15 is 0 Å². The first-order chi connectivity index (χ1) is 9.21. The van der Waals surface area contributed by atoms with Crippen molar-refractivity contribution in [2.24, 2.45) is 0 Å². The van der Waals surface area contributed by atoms with E-state index in [-0.39, 0.29) is 5.82 Å². The summed E-state index contributed by atoms with van der Waals surface area (Å²) in [5.74, 6) is 0.421. The normalized spacial score (nSPS) is 11.6. The molecule has 0 spiro atoms. The lowest BCUT2D eigenvalue weighted by molar-refractivity contribution is -0.146.